The topological polar surface area (TPSA) is 343 Å². The second-order valence-corrected chi connectivity index (χ2v) is 18.7. The number of aliphatic imine (C=N–C) groups is 1. The van der Waals surface area contributed by atoms with Gasteiger partial charge in [0.1, 0.15) is 35.9 Å². The summed E-state index contributed by atoms with van der Waals surface area (Å²) in [5, 5.41) is 35.8. The molecule has 12 N–H and O–H groups in total. The molecule has 1 aliphatic heterocycles. The highest BCUT2D eigenvalue weighted by atomic mass is 16.5. The fourth-order valence-electron chi connectivity index (χ4n) is 7.98. The van der Waals surface area contributed by atoms with E-state index in [4.69, 9.17) is 16.2 Å². The Hall–Kier alpha value is -7.88. The molecule has 2 aromatic carbocycles. The number of nitrogens with zero attached hydrogens (tertiary/aromatic N) is 2. The summed E-state index contributed by atoms with van der Waals surface area (Å²) in [6.07, 6.45) is 4.76. The number of benzene rings is 2. The van der Waals surface area contributed by atoms with Crippen LogP contribution in [0.1, 0.15) is 77.8 Å². The molecule has 1 fully saturated rings. The van der Waals surface area contributed by atoms with Crippen molar-refractivity contribution in [1.82, 2.24) is 36.8 Å². The van der Waals surface area contributed by atoms with Crippen LogP contribution in [0.5, 0.6) is 0 Å². The Labute approximate surface area is 437 Å². The molecule has 1 aliphatic rings. The number of ether oxygens (including phenoxy) is 1. The molecular weight excluding hydrogens is 969 g/mol. The number of amides is 7. The lowest BCUT2D eigenvalue weighted by molar-refractivity contribution is -0.146. The molecule has 75 heavy (non-hydrogen) atoms. The minimum atomic E-state index is -1.91. The zero-order valence-electron chi connectivity index (χ0n) is 43.7. The molecule has 3 rings (SSSR count). The fourth-order valence-corrected chi connectivity index (χ4v) is 7.98. The van der Waals surface area contributed by atoms with Crippen molar-refractivity contribution < 1.29 is 58.1 Å². The SMILES string of the molecule is C=C1C(=O)NC(C)C(=O)NC(CCc2ccccc2)C(=O)NC(C(=O)O)C(C)C(=O)NC(CCCN=C(N)N)C(=O)NC(C=CC(C)=CC(C)C(Cc2ccccc2)OC)C(C)C(=O)NC(C(=O)O)CCC(=O)N1C. The Kier molecular flexibility index (Phi) is 24.9. The van der Waals surface area contributed by atoms with Crippen LogP contribution in [0.3, 0.4) is 0 Å². The minimum Gasteiger partial charge on any atom is -0.480 e. The molecule has 7 amide bonds. The summed E-state index contributed by atoms with van der Waals surface area (Å²) in [6.45, 7) is 11.4. The van der Waals surface area contributed by atoms with Crippen LogP contribution in [-0.2, 0) is 60.7 Å². The van der Waals surface area contributed by atoms with E-state index in [9.17, 15) is 53.4 Å². The van der Waals surface area contributed by atoms with Crippen LogP contribution in [0, 0.1) is 17.8 Å². The molecule has 1 saturated heterocycles. The van der Waals surface area contributed by atoms with Crippen LogP contribution in [0.4, 0.5) is 0 Å². The molecule has 0 spiro atoms. The summed E-state index contributed by atoms with van der Waals surface area (Å²) < 4.78 is 5.82. The number of aryl methyl sites for hydroxylation is 1. The Balaban J connectivity index is 2.13. The third-order valence-corrected chi connectivity index (χ3v) is 12.8. The number of aliphatic carboxylic acids is 2. The van der Waals surface area contributed by atoms with Gasteiger partial charge in [0.15, 0.2) is 5.96 Å². The number of carboxylic acid groups (broad SMARTS) is 2. The van der Waals surface area contributed by atoms with E-state index in [-0.39, 0.29) is 50.2 Å². The predicted octanol–water partition coefficient (Wildman–Crippen LogP) is 1.21. The van der Waals surface area contributed by atoms with E-state index in [1.807, 2.05) is 43.3 Å². The number of hydrogen-bond donors (Lipinski definition) is 10. The monoisotopic (exact) mass is 1040 g/mol. The van der Waals surface area contributed by atoms with Crippen molar-refractivity contribution in [2.24, 2.45) is 34.2 Å². The first-order valence-corrected chi connectivity index (χ1v) is 24.7. The van der Waals surface area contributed by atoms with Crippen molar-refractivity contribution in [1.29, 1.82) is 0 Å². The van der Waals surface area contributed by atoms with Gasteiger partial charge in [-0.25, -0.2) is 9.59 Å². The number of carbonyl (C=O) groups excluding carboxylic acids is 7. The molecule has 0 bridgehead atoms. The number of carboxylic acids is 2. The fraction of sp³-hybridized carbons (Fsp3) is 0.472. The van der Waals surface area contributed by atoms with Crippen molar-refractivity contribution in [3.8, 4) is 0 Å². The summed E-state index contributed by atoms with van der Waals surface area (Å²) in [4.78, 5) is 127. The van der Waals surface area contributed by atoms with Crippen LogP contribution in [0.25, 0.3) is 0 Å². The highest BCUT2D eigenvalue weighted by molar-refractivity contribution is 6.00. The number of allylic oxidation sites excluding steroid dienone is 2. The maximum absolute atomic E-state index is 14.5. The molecule has 0 aliphatic carbocycles. The van der Waals surface area contributed by atoms with E-state index in [1.165, 1.54) is 33.9 Å². The molecule has 0 radical (unpaired) electrons. The molecule has 2 aromatic rings. The smallest absolute Gasteiger partial charge is 0.327 e. The van der Waals surface area contributed by atoms with E-state index >= 15 is 0 Å². The summed E-state index contributed by atoms with van der Waals surface area (Å²) >= 11 is 0. The Morgan fingerprint density at radius 3 is 1.95 bits per heavy atom. The number of guanidine groups is 1. The van der Waals surface area contributed by atoms with Gasteiger partial charge in [-0.3, -0.25) is 38.6 Å². The third-order valence-electron chi connectivity index (χ3n) is 12.8. The van der Waals surface area contributed by atoms with Crippen molar-refractivity contribution in [2.75, 3.05) is 20.7 Å². The zero-order valence-corrected chi connectivity index (χ0v) is 43.7. The second-order valence-electron chi connectivity index (χ2n) is 18.7. The van der Waals surface area contributed by atoms with Crippen molar-refractivity contribution >= 4 is 59.2 Å². The Morgan fingerprint density at radius 1 is 0.787 bits per heavy atom. The quantitative estimate of drug-likeness (QED) is 0.0372. The zero-order chi connectivity index (χ0) is 55.9. The first-order chi connectivity index (χ1) is 35.4. The minimum absolute atomic E-state index is 0.0176. The number of likely N-dealkylation sites (N-methyl/N-ethyl adjacent to an activating group) is 1. The molecule has 408 valence electrons. The molecule has 0 aromatic heterocycles. The van der Waals surface area contributed by atoms with Crippen molar-refractivity contribution in [3.63, 3.8) is 0 Å². The Morgan fingerprint density at radius 2 is 1.36 bits per heavy atom. The van der Waals surface area contributed by atoms with Crippen LogP contribution in [0.15, 0.2) is 102 Å². The van der Waals surface area contributed by atoms with E-state index in [2.05, 4.69) is 43.5 Å². The highest BCUT2D eigenvalue weighted by Crippen LogP contribution is 2.19. The lowest BCUT2D eigenvalue weighted by Crippen LogP contribution is -2.59. The van der Waals surface area contributed by atoms with Crippen molar-refractivity contribution in [3.05, 3.63) is 108 Å². The average molecular weight is 1040 g/mol. The summed E-state index contributed by atoms with van der Waals surface area (Å²) in [7, 11) is 2.82. The maximum Gasteiger partial charge on any atom is 0.327 e. The standard InChI is InChI=1S/C53H74N10O12/c1-30(28-31(2)42(75-8)29-37-18-13-10-14-19-37)21-23-38-32(3)45(65)61-41(51(71)72)25-26-43(64)63(7)35(6)48(68)57-34(5)47(67)60-40(24-22-36-16-11-9-12-17-36)50(70)62-44(52(73)74)33(4)46(66)59-39(49(69)58-38)20-15-27-56-53(54)55/h9-14,16-19,21,23,28,31-34,38-42,44H,6,15,20,22,24-27,29H2,1-5,7-8H3,(H,57,68)(H,58,69)(H,59,66)(H,60,67)(H,61,65)(H,62,70)(H,71,72)(H,73,74)(H4,54,55,56). The van der Waals surface area contributed by atoms with Crippen LogP contribution in [0.2, 0.25) is 0 Å². The van der Waals surface area contributed by atoms with Gasteiger partial charge in [-0.2, -0.15) is 0 Å². The van der Waals surface area contributed by atoms with E-state index < -0.39 is 120 Å². The third kappa shape index (κ3) is 20.2. The summed E-state index contributed by atoms with van der Waals surface area (Å²) in [5.74, 6) is -12.5. The van der Waals surface area contributed by atoms with Gasteiger partial charge in [-0.15, -0.1) is 0 Å². The van der Waals surface area contributed by atoms with E-state index in [1.54, 1.807) is 50.4 Å². The van der Waals surface area contributed by atoms with Gasteiger partial charge < -0.3 is 63.2 Å². The number of carbonyl (C=O) groups is 9. The van der Waals surface area contributed by atoms with Crippen LogP contribution in [-0.4, -0.2) is 137 Å². The normalized spacial score (nSPS) is 24.5. The largest absolute Gasteiger partial charge is 0.480 e. The first kappa shape index (κ1) is 61.4. The van der Waals surface area contributed by atoms with Crippen LogP contribution < -0.4 is 43.4 Å². The van der Waals surface area contributed by atoms with Gasteiger partial charge in [0.2, 0.25) is 35.4 Å². The number of hydrogen-bond acceptors (Lipinski definition) is 11. The van der Waals surface area contributed by atoms with E-state index in [0.29, 0.717) is 12.0 Å². The molecule has 10 unspecified atom stereocenters. The van der Waals surface area contributed by atoms with Crippen molar-refractivity contribution in [2.45, 2.75) is 122 Å². The van der Waals surface area contributed by atoms with Gasteiger partial charge in [-0.05, 0) is 63.5 Å². The highest BCUT2D eigenvalue weighted by Gasteiger charge is 2.37. The number of methoxy groups -OCH3 is 1. The van der Waals surface area contributed by atoms with Crippen LogP contribution >= 0.6 is 0 Å². The number of nitrogens with two attached hydrogens (primary N) is 2. The average Bonchev–Trinajstić information content (AvgIpc) is 3.37. The number of nitrogens with one attached hydrogen (secondary N) is 6. The Bertz CT molecular complexity index is 2430. The van der Waals surface area contributed by atoms with Gasteiger partial charge >= 0.3 is 11.9 Å². The molecular formula is C53H74N10O12. The molecule has 1 heterocycles. The van der Waals surface area contributed by atoms with Gasteiger partial charge in [-0.1, -0.05) is 112 Å². The lowest BCUT2D eigenvalue weighted by Gasteiger charge is -2.28. The second kappa shape index (κ2) is 30.3. The van der Waals surface area contributed by atoms with Gasteiger partial charge in [0.25, 0.3) is 5.91 Å². The summed E-state index contributed by atoms with van der Waals surface area (Å²) in [6, 6.07) is 9.73. The lowest BCUT2D eigenvalue weighted by atomic mass is 9.94. The maximum atomic E-state index is 14.5. The molecule has 0 saturated carbocycles. The molecule has 10 atom stereocenters. The van der Waals surface area contributed by atoms with Gasteiger partial charge in [0.05, 0.1) is 24.0 Å². The van der Waals surface area contributed by atoms with Gasteiger partial charge in [0, 0.05) is 33.0 Å². The summed E-state index contributed by atoms with van der Waals surface area (Å²) in [5.41, 5.74) is 13.2. The molecule has 22 nitrogen and oxygen atoms in total. The molecule has 22 heteroatoms. The predicted molar refractivity (Wildman–Crippen MR) is 280 cm³/mol. The first-order valence-electron chi connectivity index (χ1n) is 24.7. The number of rotatable bonds is 16. The van der Waals surface area contributed by atoms with E-state index in [0.717, 1.165) is 16.0 Å².